The van der Waals surface area contributed by atoms with E-state index in [9.17, 15) is 0 Å². The molecule has 1 aromatic rings. The number of rotatable bonds is 4. The van der Waals surface area contributed by atoms with Gasteiger partial charge in [0.15, 0.2) is 0 Å². The molecule has 3 heterocycles. The summed E-state index contributed by atoms with van der Waals surface area (Å²) in [5.74, 6) is 2.12. The monoisotopic (exact) mass is 266 g/mol. The van der Waals surface area contributed by atoms with Gasteiger partial charge in [-0.3, -0.25) is 9.80 Å². The van der Waals surface area contributed by atoms with Crippen molar-refractivity contribution in [2.75, 3.05) is 52.6 Å². The Balaban J connectivity index is 1.50. The molecule has 0 bridgehead atoms. The minimum Gasteiger partial charge on any atom is -0.463 e. The van der Waals surface area contributed by atoms with E-state index in [4.69, 9.17) is 13.9 Å². The SMILES string of the molecule is c1cc(CN2CCOCC2)oc1CN1CCOCC1. The molecule has 0 aromatic carbocycles. The Labute approximate surface area is 114 Å². The average Bonchev–Trinajstić information content (AvgIpc) is 2.88. The first-order chi connectivity index (χ1) is 9.40. The van der Waals surface area contributed by atoms with E-state index in [1.54, 1.807) is 0 Å². The van der Waals surface area contributed by atoms with Gasteiger partial charge >= 0.3 is 0 Å². The van der Waals surface area contributed by atoms with Crippen molar-refractivity contribution < 1.29 is 13.9 Å². The predicted molar refractivity (Wildman–Crippen MR) is 70.9 cm³/mol. The Morgan fingerprint density at radius 3 is 1.58 bits per heavy atom. The molecule has 19 heavy (non-hydrogen) atoms. The summed E-state index contributed by atoms with van der Waals surface area (Å²) < 4.78 is 16.6. The maximum absolute atomic E-state index is 5.92. The zero-order valence-electron chi connectivity index (χ0n) is 11.3. The van der Waals surface area contributed by atoms with Gasteiger partial charge in [-0.1, -0.05) is 0 Å². The van der Waals surface area contributed by atoms with Crippen molar-refractivity contribution in [2.45, 2.75) is 13.1 Å². The van der Waals surface area contributed by atoms with Gasteiger partial charge in [-0.15, -0.1) is 0 Å². The Bertz CT molecular complexity index is 347. The van der Waals surface area contributed by atoms with Gasteiger partial charge in [0.25, 0.3) is 0 Å². The van der Waals surface area contributed by atoms with Crippen molar-refractivity contribution >= 4 is 0 Å². The first-order valence-corrected chi connectivity index (χ1v) is 7.08. The lowest BCUT2D eigenvalue weighted by Crippen LogP contribution is -2.35. The van der Waals surface area contributed by atoms with E-state index in [0.717, 1.165) is 77.2 Å². The van der Waals surface area contributed by atoms with Gasteiger partial charge < -0.3 is 13.9 Å². The third-order valence-electron chi connectivity index (χ3n) is 3.68. The van der Waals surface area contributed by atoms with E-state index in [2.05, 4.69) is 21.9 Å². The van der Waals surface area contributed by atoms with Gasteiger partial charge in [0, 0.05) is 26.2 Å². The minimum atomic E-state index is 0.835. The van der Waals surface area contributed by atoms with E-state index in [-0.39, 0.29) is 0 Å². The predicted octanol–water partition coefficient (Wildman–Crippen LogP) is 0.944. The molecular weight excluding hydrogens is 244 g/mol. The molecule has 2 saturated heterocycles. The molecule has 0 spiro atoms. The first kappa shape index (κ1) is 13.1. The molecule has 0 N–H and O–H groups in total. The van der Waals surface area contributed by atoms with Crippen LogP contribution >= 0.6 is 0 Å². The number of hydrogen-bond acceptors (Lipinski definition) is 5. The van der Waals surface area contributed by atoms with E-state index in [1.165, 1.54) is 0 Å². The van der Waals surface area contributed by atoms with Crippen LogP contribution in [0.3, 0.4) is 0 Å². The van der Waals surface area contributed by atoms with Crippen molar-refractivity contribution in [3.05, 3.63) is 23.7 Å². The molecule has 0 atom stereocenters. The number of ether oxygens (including phenoxy) is 2. The fourth-order valence-electron chi connectivity index (χ4n) is 2.55. The second-order valence-corrected chi connectivity index (χ2v) is 5.15. The highest BCUT2D eigenvalue weighted by Crippen LogP contribution is 2.14. The number of nitrogens with zero attached hydrogens (tertiary/aromatic N) is 2. The second kappa shape index (κ2) is 6.52. The van der Waals surface area contributed by atoms with E-state index >= 15 is 0 Å². The average molecular weight is 266 g/mol. The Kier molecular flexibility index (Phi) is 4.50. The van der Waals surface area contributed by atoms with Crippen LogP contribution in [0.4, 0.5) is 0 Å². The van der Waals surface area contributed by atoms with Gasteiger partial charge in [0.1, 0.15) is 11.5 Å². The molecule has 0 saturated carbocycles. The number of hydrogen-bond donors (Lipinski definition) is 0. The fourth-order valence-corrected chi connectivity index (χ4v) is 2.55. The Hall–Kier alpha value is -0.880. The third-order valence-corrected chi connectivity index (χ3v) is 3.68. The molecule has 5 heteroatoms. The van der Waals surface area contributed by atoms with Gasteiger partial charge in [-0.05, 0) is 12.1 Å². The summed E-state index contributed by atoms with van der Waals surface area (Å²) in [6.07, 6.45) is 0. The Morgan fingerprint density at radius 2 is 1.16 bits per heavy atom. The smallest absolute Gasteiger partial charge is 0.118 e. The van der Waals surface area contributed by atoms with Crippen LogP contribution in [0.15, 0.2) is 16.5 Å². The van der Waals surface area contributed by atoms with E-state index in [0.29, 0.717) is 0 Å². The molecule has 5 nitrogen and oxygen atoms in total. The molecule has 106 valence electrons. The standard InChI is InChI=1S/C14H22N2O3/c1-2-14(12-16-5-9-18-10-6-16)19-13(1)11-15-3-7-17-8-4-15/h1-2H,3-12H2. The molecule has 0 aliphatic carbocycles. The molecule has 2 aliphatic rings. The fraction of sp³-hybridized carbons (Fsp3) is 0.714. The number of furan rings is 1. The summed E-state index contributed by atoms with van der Waals surface area (Å²) in [5, 5.41) is 0. The Morgan fingerprint density at radius 1 is 0.737 bits per heavy atom. The summed E-state index contributed by atoms with van der Waals surface area (Å²) in [4.78, 5) is 4.75. The van der Waals surface area contributed by atoms with Crippen LogP contribution in [0.1, 0.15) is 11.5 Å². The lowest BCUT2D eigenvalue weighted by molar-refractivity contribution is 0.0277. The van der Waals surface area contributed by atoms with Crippen LogP contribution < -0.4 is 0 Å². The largest absolute Gasteiger partial charge is 0.463 e. The van der Waals surface area contributed by atoms with Crippen LogP contribution in [0.5, 0.6) is 0 Å². The van der Waals surface area contributed by atoms with Crippen molar-refractivity contribution in [3.63, 3.8) is 0 Å². The zero-order valence-corrected chi connectivity index (χ0v) is 11.3. The van der Waals surface area contributed by atoms with Crippen molar-refractivity contribution in [2.24, 2.45) is 0 Å². The quantitative estimate of drug-likeness (QED) is 0.811. The van der Waals surface area contributed by atoms with Crippen LogP contribution in [-0.2, 0) is 22.6 Å². The zero-order chi connectivity index (χ0) is 12.9. The summed E-state index contributed by atoms with van der Waals surface area (Å²) in [5.41, 5.74) is 0. The molecule has 3 rings (SSSR count). The molecule has 2 fully saturated rings. The lowest BCUT2D eigenvalue weighted by Gasteiger charge is -2.26. The molecule has 0 radical (unpaired) electrons. The topological polar surface area (TPSA) is 38.1 Å². The van der Waals surface area contributed by atoms with Crippen LogP contribution in [0, 0.1) is 0 Å². The normalized spacial score (nSPS) is 22.7. The second-order valence-electron chi connectivity index (χ2n) is 5.15. The molecule has 0 unspecified atom stereocenters. The highest BCUT2D eigenvalue weighted by atomic mass is 16.5. The summed E-state index contributed by atoms with van der Waals surface area (Å²) in [7, 11) is 0. The highest BCUT2D eigenvalue weighted by Gasteiger charge is 2.15. The van der Waals surface area contributed by atoms with Crippen LogP contribution in [0.2, 0.25) is 0 Å². The van der Waals surface area contributed by atoms with Crippen LogP contribution in [0.25, 0.3) is 0 Å². The molecule has 1 aromatic heterocycles. The lowest BCUT2D eigenvalue weighted by atomic mass is 10.3. The maximum atomic E-state index is 5.92. The maximum Gasteiger partial charge on any atom is 0.118 e. The molecule has 0 amide bonds. The van der Waals surface area contributed by atoms with Gasteiger partial charge in [-0.25, -0.2) is 0 Å². The highest BCUT2D eigenvalue weighted by molar-refractivity contribution is 5.07. The van der Waals surface area contributed by atoms with Gasteiger partial charge in [-0.2, -0.15) is 0 Å². The summed E-state index contributed by atoms with van der Waals surface area (Å²) in [6.45, 7) is 9.13. The van der Waals surface area contributed by atoms with Crippen molar-refractivity contribution in [1.29, 1.82) is 0 Å². The summed E-state index contributed by atoms with van der Waals surface area (Å²) >= 11 is 0. The molecule has 2 aliphatic heterocycles. The molecular formula is C14H22N2O3. The first-order valence-electron chi connectivity index (χ1n) is 7.08. The van der Waals surface area contributed by atoms with Crippen molar-refractivity contribution in [3.8, 4) is 0 Å². The van der Waals surface area contributed by atoms with E-state index in [1.807, 2.05) is 0 Å². The minimum absolute atomic E-state index is 0.835. The third kappa shape index (κ3) is 3.79. The van der Waals surface area contributed by atoms with Gasteiger partial charge in [0.05, 0.1) is 39.5 Å². The van der Waals surface area contributed by atoms with Crippen molar-refractivity contribution in [1.82, 2.24) is 9.80 Å². The number of morpholine rings is 2. The van der Waals surface area contributed by atoms with Crippen LogP contribution in [-0.4, -0.2) is 62.4 Å². The summed E-state index contributed by atoms with van der Waals surface area (Å²) in [6, 6.07) is 4.20. The van der Waals surface area contributed by atoms with E-state index < -0.39 is 0 Å². The van der Waals surface area contributed by atoms with Gasteiger partial charge in [0.2, 0.25) is 0 Å².